The Morgan fingerprint density at radius 2 is 1.71 bits per heavy atom. The molecule has 2 amide bonds. The van der Waals surface area contributed by atoms with E-state index in [9.17, 15) is 18.8 Å². The second-order valence-corrected chi connectivity index (χ2v) is 7.15. The molecule has 34 heavy (non-hydrogen) atoms. The van der Waals surface area contributed by atoms with Crippen molar-refractivity contribution in [1.82, 2.24) is 20.6 Å². The lowest BCUT2D eigenvalue weighted by molar-refractivity contribution is -0.125. The van der Waals surface area contributed by atoms with E-state index in [4.69, 9.17) is 25.8 Å². The van der Waals surface area contributed by atoms with Crippen molar-refractivity contribution in [2.75, 3.05) is 20.8 Å². The van der Waals surface area contributed by atoms with E-state index in [1.807, 2.05) is 0 Å². The number of nitrogens with one attached hydrogen (secondary N) is 2. The van der Waals surface area contributed by atoms with Gasteiger partial charge < -0.3 is 14.2 Å². The van der Waals surface area contributed by atoms with Gasteiger partial charge in [-0.3, -0.25) is 20.4 Å². The maximum absolute atomic E-state index is 13.2. The Bertz CT molecular complexity index is 1230. The number of carbonyl (C=O) groups excluding carboxylic acids is 3. The minimum Gasteiger partial charge on any atom is -0.493 e. The molecule has 0 fully saturated rings. The summed E-state index contributed by atoms with van der Waals surface area (Å²) in [4.78, 5) is 36.7. The number of benzene rings is 2. The topological polar surface area (TPSA) is 121 Å². The number of methoxy groups -OCH3 is 2. The summed E-state index contributed by atoms with van der Waals surface area (Å²) in [7, 11) is 2.88. The molecule has 0 bridgehead atoms. The van der Waals surface area contributed by atoms with Gasteiger partial charge in [-0.15, -0.1) is 0 Å². The molecule has 10 nitrogen and oxygen atoms in total. The summed E-state index contributed by atoms with van der Waals surface area (Å²) in [5.74, 6) is -1.97. The van der Waals surface area contributed by atoms with Gasteiger partial charge in [0.1, 0.15) is 16.5 Å². The monoisotopic (exact) mass is 490 g/mol. The Balaban J connectivity index is 1.58. The molecule has 0 saturated carbocycles. The number of aryl methyl sites for hydroxylation is 1. The molecule has 1 aromatic heterocycles. The number of carbonyl (C=O) groups is 3. The standard InChI is InChI=1S/C22H20ClFN4O6/c1-12-19(20(23)28(27-12)15-7-5-14(24)6-8-15)22(31)34-11-18(29)25-26-21(30)13-4-9-16(32-2)17(10-13)33-3/h4-10H,11H2,1-3H3,(H,25,29)(H,26,30). The smallest absolute Gasteiger partial charge is 0.343 e. The SMILES string of the molecule is COc1ccc(C(=O)NNC(=O)COC(=O)c2c(C)nn(-c3ccc(F)cc3)c2Cl)cc1OC. The van der Waals surface area contributed by atoms with Crippen molar-refractivity contribution in [2.45, 2.75) is 6.92 Å². The number of hydrazine groups is 1. The largest absolute Gasteiger partial charge is 0.493 e. The molecule has 0 radical (unpaired) electrons. The number of ether oxygens (including phenoxy) is 3. The fourth-order valence-corrected chi connectivity index (χ4v) is 3.25. The molecule has 0 unspecified atom stereocenters. The van der Waals surface area contributed by atoms with E-state index in [0.29, 0.717) is 17.2 Å². The van der Waals surface area contributed by atoms with Crippen molar-refractivity contribution < 1.29 is 33.0 Å². The lowest BCUT2D eigenvalue weighted by atomic mass is 10.2. The highest BCUT2D eigenvalue weighted by Gasteiger charge is 2.23. The normalized spacial score (nSPS) is 10.4. The van der Waals surface area contributed by atoms with Gasteiger partial charge in [-0.05, 0) is 49.4 Å². The molecule has 0 spiro atoms. The quantitative estimate of drug-likeness (QED) is 0.386. The zero-order valence-electron chi connectivity index (χ0n) is 18.3. The minimum atomic E-state index is -0.891. The Labute approximate surface area is 198 Å². The van der Waals surface area contributed by atoms with E-state index in [0.717, 1.165) is 0 Å². The lowest BCUT2D eigenvalue weighted by Gasteiger charge is -2.11. The van der Waals surface area contributed by atoms with Crippen LogP contribution in [0.25, 0.3) is 5.69 Å². The lowest BCUT2D eigenvalue weighted by Crippen LogP contribution is -2.43. The van der Waals surface area contributed by atoms with Crippen LogP contribution in [0.5, 0.6) is 11.5 Å². The van der Waals surface area contributed by atoms with Crippen LogP contribution in [0, 0.1) is 12.7 Å². The second-order valence-electron chi connectivity index (χ2n) is 6.79. The molecule has 1 heterocycles. The molecule has 0 aliphatic carbocycles. The second kappa shape index (κ2) is 10.7. The Morgan fingerprint density at radius 3 is 2.35 bits per heavy atom. The highest BCUT2D eigenvalue weighted by Crippen LogP contribution is 2.27. The van der Waals surface area contributed by atoms with Crippen LogP contribution >= 0.6 is 11.6 Å². The molecule has 2 aromatic carbocycles. The summed E-state index contributed by atoms with van der Waals surface area (Å²) in [5, 5.41) is 4.10. The first-order valence-electron chi connectivity index (χ1n) is 9.74. The van der Waals surface area contributed by atoms with Crippen LogP contribution in [0.4, 0.5) is 4.39 Å². The van der Waals surface area contributed by atoms with Crippen LogP contribution in [-0.4, -0.2) is 48.4 Å². The van der Waals surface area contributed by atoms with E-state index < -0.39 is 30.2 Å². The molecule has 2 N–H and O–H groups in total. The average molecular weight is 491 g/mol. The molecule has 0 saturated heterocycles. The van der Waals surface area contributed by atoms with E-state index in [1.165, 1.54) is 68.3 Å². The molecular formula is C22H20ClFN4O6. The van der Waals surface area contributed by atoms with Gasteiger partial charge in [-0.2, -0.15) is 5.10 Å². The highest BCUT2D eigenvalue weighted by molar-refractivity contribution is 6.33. The Kier molecular flexibility index (Phi) is 7.69. The number of esters is 1. The molecule has 0 aliphatic heterocycles. The number of aromatic nitrogens is 2. The third-order valence-electron chi connectivity index (χ3n) is 4.57. The average Bonchev–Trinajstić information content (AvgIpc) is 3.14. The molecule has 0 atom stereocenters. The van der Waals surface area contributed by atoms with E-state index >= 15 is 0 Å². The molecule has 178 valence electrons. The third-order valence-corrected chi connectivity index (χ3v) is 4.92. The number of halogens is 2. The van der Waals surface area contributed by atoms with Crippen molar-refractivity contribution in [2.24, 2.45) is 0 Å². The van der Waals surface area contributed by atoms with E-state index in [-0.39, 0.29) is 22.0 Å². The number of rotatable bonds is 7. The van der Waals surface area contributed by atoms with E-state index in [1.54, 1.807) is 0 Å². The van der Waals surface area contributed by atoms with Crippen molar-refractivity contribution >= 4 is 29.4 Å². The van der Waals surface area contributed by atoms with Crippen LogP contribution < -0.4 is 20.3 Å². The van der Waals surface area contributed by atoms with E-state index in [2.05, 4.69) is 16.0 Å². The molecular weight excluding hydrogens is 471 g/mol. The summed E-state index contributed by atoms with van der Waals surface area (Å²) in [6.45, 7) is 0.842. The van der Waals surface area contributed by atoms with Crippen LogP contribution in [0.3, 0.4) is 0 Å². The summed E-state index contributed by atoms with van der Waals surface area (Å²) >= 11 is 6.26. The highest BCUT2D eigenvalue weighted by atomic mass is 35.5. The van der Waals surface area contributed by atoms with Crippen molar-refractivity contribution in [3.8, 4) is 17.2 Å². The molecule has 3 aromatic rings. The molecule has 12 heteroatoms. The predicted molar refractivity (Wildman–Crippen MR) is 119 cm³/mol. The maximum atomic E-state index is 13.2. The first-order valence-corrected chi connectivity index (χ1v) is 10.1. The zero-order chi connectivity index (χ0) is 24.8. The summed E-state index contributed by atoms with van der Waals surface area (Å²) in [5.41, 5.74) is 5.18. The van der Waals surface area contributed by atoms with Crippen molar-refractivity contribution in [1.29, 1.82) is 0 Å². The van der Waals surface area contributed by atoms with Crippen LogP contribution in [0.1, 0.15) is 26.4 Å². The summed E-state index contributed by atoms with van der Waals surface area (Å²) in [6, 6.07) is 9.78. The Hall–Kier alpha value is -4.12. The third kappa shape index (κ3) is 5.44. The first kappa shape index (κ1) is 24.5. The van der Waals surface area contributed by atoms with Gasteiger partial charge in [0.2, 0.25) is 0 Å². The van der Waals surface area contributed by atoms with Gasteiger partial charge in [0, 0.05) is 5.56 Å². The fourth-order valence-electron chi connectivity index (χ4n) is 2.90. The van der Waals surface area contributed by atoms with Gasteiger partial charge in [0.15, 0.2) is 18.1 Å². The fraction of sp³-hybridized carbons (Fsp3) is 0.182. The number of nitrogens with zero attached hydrogens (tertiary/aromatic N) is 2. The first-order chi connectivity index (χ1) is 16.2. The molecule has 3 rings (SSSR count). The van der Waals surface area contributed by atoms with Crippen molar-refractivity contribution in [3.63, 3.8) is 0 Å². The summed E-state index contributed by atoms with van der Waals surface area (Å²) < 4.78 is 29.6. The van der Waals surface area contributed by atoms with Gasteiger partial charge >= 0.3 is 5.97 Å². The number of hydrogen-bond donors (Lipinski definition) is 2. The number of amides is 2. The predicted octanol–water partition coefficient (Wildman–Crippen LogP) is 2.61. The molecule has 0 aliphatic rings. The maximum Gasteiger partial charge on any atom is 0.343 e. The van der Waals surface area contributed by atoms with Crippen molar-refractivity contribution in [3.05, 3.63) is 70.3 Å². The van der Waals surface area contributed by atoms with Crippen LogP contribution in [0.15, 0.2) is 42.5 Å². The van der Waals surface area contributed by atoms with Gasteiger partial charge in [0.25, 0.3) is 11.8 Å². The number of hydrogen-bond acceptors (Lipinski definition) is 7. The van der Waals surface area contributed by atoms with Crippen LogP contribution in [-0.2, 0) is 9.53 Å². The van der Waals surface area contributed by atoms with Gasteiger partial charge in [-0.25, -0.2) is 13.9 Å². The zero-order valence-corrected chi connectivity index (χ0v) is 19.1. The van der Waals surface area contributed by atoms with Gasteiger partial charge in [0.05, 0.1) is 25.6 Å². The minimum absolute atomic E-state index is 0.0480. The van der Waals surface area contributed by atoms with Gasteiger partial charge in [-0.1, -0.05) is 11.6 Å². The summed E-state index contributed by atoms with van der Waals surface area (Å²) in [6.07, 6.45) is 0. The Morgan fingerprint density at radius 1 is 1.03 bits per heavy atom. The van der Waals surface area contributed by atoms with Crippen LogP contribution in [0.2, 0.25) is 5.15 Å².